The predicted molar refractivity (Wildman–Crippen MR) is 130 cm³/mol. The average molecular weight is 484 g/mol. The molecule has 1 aliphatic carbocycles. The van der Waals surface area contributed by atoms with Crippen LogP contribution in [-0.4, -0.2) is 32.9 Å². The van der Waals surface area contributed by atoms with E-state index in [4.69, 9.17) is 0 Å². The summed E-state index contributed by atoms with van der Waals surface area (Å²) in [4.78, 5) is 36.4. The highest BCUT2D eigenvalue weighted by Gasteiger charge is 2.25. The molecule has 1 N–H and O–H groups in total. The number of hydrogen-bond donors (Lipinski definition) is 1. The first-order valence-corrected chi connectivity index (χ1v) is 12.6. The Hall–Kier alpha value is -3.07. The second-order valence-corrected chi connectivity index (χ2v) is 9.74. The standard InChI is InChI=1S/C25H30FN5O2S/c26-21-9-7-20(8-10-21)17-31(23(32)15-19-5-2-1-3-6-19)25-29-16-22(34-25)24(33)28-11-4-13-30-14-12-27-18-30/h7-10,12,14,16,18-19H,1-6,11,13,15,17H2,(H,28,33). The van der Waals surface area contributed by atoms with Crippen LogP contribution < -0.4 is 10.2 Å². The Balaban J connectivity index is 1.40. The van der Waals surface area contributed by atoms with Crippen molar-refractivity contribution in [3.8, 4) is 0 Å². The van der Waals surface area contributed by atoms with Crippen molar-refractivity contribution in [3.05, 3.63) is 65.4 Å². The Morgan fingerprint density at radius 1 is 1.18 bits per heavy atom. The summed E-state index contributed by atoms with van der Waals surface area (Å²) in [7, 11) is 0. The fourth-order valence-corrected chi connectivity index (χ4v) is 5.10. The number of benzene rings is 1. The van der Waals surface area contributed by atoms with Gasteiger partial charge in [-0.1, -0.05) is 42.7 Å². The Morgan fingerprint density at radius 2 is 1.97 bits per heavy atom. The van der Waals surface area contributed by atoms with Gasteiger partial charge >= 0.3 is 0 Å². The zero-order chi connectivity index (χ0) is 23.8. The fourth-order valence-electron chi connectivity index (χ4n) is 4.25. The van der Waals surface area contributed by atoms with E-state index in [1.54, 1.807) is 29.6 Å². The molecule has 34 heavy (non-hydrogen) atoms. The monoisotopic (exact) mass is 483 g/mol. The fraction of sp³-hybridized carbons (Fsp3) is 0.440. The molecule has 180 valence electrons. The van der Waals surface area contributed by atoms with Gasteiger partial charge in [-0.15, -0.1) is 0 Å². The lowest BCUT2D eigenvalue weighted by molar-refractivity contribution is -0.119. The van der Waals surface area contributed by atoms with Gasteiger partial charge < -0.3 is 9.88 Å². The number of imidazole rings is 1. The molecule has 0 radical (unpaired) electrons. The summed E-state index contributed by atoms with van der Waals surface area (Å²) in [6.07, 6.45) is 13.8. The Bertz CT molecular complexity index is 1060. The van der Waals surface area contributed by atoms with E-state index in [0.29, 0.717) is 35.4 Å². The number of carbonyl (C=O) groups excluding carboxylic acids is 2. The van der Waals surface area contributed by atoms with Crippen LogP contribution in [0.2, 0.25) is 0 Å². The molecule has 3 aromatic rings. The summed E-state index contributed by atoms with van der Waals surface area (Å²) >= 11 is 1.21. The average Bonchev–Trinajstić information content (AvgIpc) is 3.54. The lowest BCUT2D eigenvalue weighted by Crippen LogP contribution is -2.32. The minimum atomic E-state index is -0.315. The maximum atomic E-state index is 13.4. The van der Waals surface area contributed by atoms with Crippen molar-refractivity contribution < 1.29 is 14.0 Å². The number of aromatic nitrogens is 3. The Morgan fingerprint density at radius 3 is 2.71 bits per heavy atom. The van der Waals surface area contributed by atoms with E-state index in [0.717, 1.165) is 31.4 Å². The van der Waals surface area contributed by atoms with Crippen molar-refractivity contribution in [3.63, 3.8) is 0 Å². The van der Waals surface area contributed by atoms with E-state index < -0.39 is 0 Å². The predicted octanol–water partition coefficient (Wildman–Crippen LogP) is 4.80. The van der Waals surface area contributed by atoms with Crippen LogP contribution in [0.1, 0.15) is 60.2 Å². The first-order valence-electron chi connectivity index (χ1n) is 11.8. The number of nitrogens with one attached hydrogen (secondary N) is 1. The molecule has 0 saturated heterocycles. The molecule has 7 nitrogen and oxygen atoms in total. The molecule has 0 atom stereocenters. The summed E-state index contributed by atoms with van der Waals surface area (Å²) in [5.41, 5.74) is 0.819. The summed E-state index contributed by atoms with van der Waals surface area (Å²) in [5.74, 6) is -0.131. The van der Waals surface area contributed by atoms with Crippen molar-refractivity contribution >= 4 is 28.3 Å². The van der Waals surface area contributed by atoms with Crippen molar-refractivity contribution in [2.75, 3.05) is 11.4 Å². The maximum Gasteiger partial charge on any atom is 0.263 e. The third-order valence-electron chi connectivity index (χ3n) is 6.13. The van der Waals surface area contributed by atoms with Crippen molar-refractivity contribution in [1.82, 2.24) is 19.9 Å². The third-order valence-corrected chi connectivity index (χ3v) is 7.15. The molecule has 9 heteroatoms. The molecule has 0 aliphatic heterocycles. The van der Waals surface area contributed by atoms with Crippen LogP contribution in [0.15, 0.2) is 49.2 Å². The summed E-state index contributed by atoms with van der Waals surface area (Å²) < 4.78 is 15.3. The van der Waals surface area contributed by atoms with Crippen LogP contribution in [0.3, 0.4) is 0 Å². The van der Waals surface area contributed by atoms with Gasteiger partial charge in [0.15, 0.2) is 5.13 Å². The molecule has 4 rings (SSSR count). The number of thiazole rings is 1. The zero-order valence-corrected chi connectivity index (χ0v) is 20.0. The Labute approximate surface area is 203 Å². The number of rotatable bonds is 10. The third kappa shape index (κ3) is 6.72. The second-order valence-electron chi connectivity index (χ2n) is 8.73. The number of hydrogen-bond acceptors (Lipinski definition) is 5. The van der Waals surface area contributed by atoms with Crippen molar-refractivity contribution in [1.29, 1.82) is 0 Å². The minimum absolute atomic E-state index is 0.00198. The smallest absolute Gasteiger partial charge is 0.263 e. The molecule has 1 fully saturated rings. The summed E-state index contributed by atoms with van der Waals surface area (Å²) in [5, 5.41) is 3.41. The van der Waals surface area contributed by atoms with Gasteiger partial charge in [0.1, 0.15) is 10.7 Å². The minimum Gasteiger partial charge on any atom is -0.351 e. The zero-order valence-electron chi connectivity index (χ0n) is 19.2. The highest BCUT2D eigenvalue weighted by atomic mass is 32.1. The molecule has 2 aromatic heterocycles. The van der Waals surface area contributed by atoms with E-state index in [2.05, 4.69) is 15.3 Å². The molecule has 0 unspecified atom stereocenters. The van der Waals surface area contributed by atoms with E-state index in [1.807, 2.05) is 10.8 Å². The van der Waals surface area contributed by atoms with Crippen LogP contribution in [-0.2, 0) is 17.9 Å². The van der Waals surface area contributed by atoms with E-state index >= 15 is 0 Å². The lowest BCUT2D eigenvalue weighted by Gasteiger charge is -2.25. The first kappa shape index (κ1) is 24.1. The van der Waals surface area contributed by atoms with Crippen LogP contribution in [0.25, 0.3) is 0 Å². The molecular formula is C25H30FN5O2S. The number of nitrogens with zero attached hydrogens (tertiary/aromatic N) is 4. The SMILES string of the molecule is O=C(NCCCn1ccnc1)c1cnc(N(Cc2ccc(F)cc2)C(=O)CC2CCCCC2)s1. The lowest BCUT2D eigenvalue weighted by atomic mass is 9.86. The molecule has 0 bridgehead atoms. The number of amides is 2. The van der Waals surface area contributed by atoms with Gasteiger partial charge in [-0.2, -0.15) is 0 Å². The number of halogens is 1. The van der Waals surface area contributed by atoms with Gasteiger partial charge in [0, 0.05) is 31.9 Å². The van der Waals surface area contributed by atoms with Crippen molar-refractivity contribution in [2.24, 2.45) is 5.92 Å². The van der Waals surface area contributed by atoms with E-state index in [9.17, 15) is 14.0 Å². The van der Waals surface area contributed by atoms with E-state index in [1.165, 1.54) is 48.9 Å². The molecular weight excluding hydrogens is 453 g/mol. The molecule has 1 aliphatic rings. The highest BCUT2D eigenvalue weighted by molar-refractivity contribution is 7.17. The van der Waals surface area contributed by atoms with Gasteiger partial charge in [0.25, 0.3) is 5.91 Å². The van der Waals surface area contributed by atoms with Crippen LogP contribution in [0.5, 0.6) is 0 Å². The van der Waals surface area contributed by atoms with E-state index in [-0.39, 0.29) is 17.6 Å². The van der Waals surface area contributed by atoms with Crippen molar-refractivity contribution in [2.45, 2.75) is 58.0 Å². The van der Waals surface area contributed by atoms with Crippen LogP contribution >= 0.6 is 11.3 Å². The van der Waals surface area contributed by atoms with Crippen LogP contribution in [0.4, 0.5) is 9.52 Å². The van der Waals surface area contributed by atoms with Gasteiger partial charge in [-0.05, 0) is 42.9 Å². The Kier molecular flexibility index (Phi) is 8.41. The number of aryl methyl sites for hydroxylation is 1. The molecule has 1 saturated carbocycles. The molecule has 2 amide bonds. The molecule has 2 heterocycles. The molecule has 0 spiro atoms. The van der Waals surface area contributed by atoms with Crippen LogP contribution in [0, 0.1) is 11.7 Å². The van der Waals surface area contributed by atoms with Gasteiger partial charge in [-0.25, -0.2) is 14.4 Å². The highest BCUT2D eigenvalue weighted by Crippen LogP contribution is 2.30. The maximum absolute atomic E-state index is 13.4. The molecule has 1 aromatic carbocycles. The quantitative estimate of drug-likeness (QED) is 0.420. The summed E-state index contributed by atoms with van der Waals surface area (Å²) in [6, 6.07) is 6.14. The topological polar surface area (TPSA) is 80.1 Å². The number of carbonyl (C=O) groups is 2. The van der Waals surface area contributed by atoms with Gasteiger partial charge in [-0.3, -0.25) is 14.5 Å². The number of anilines is 1. The largest absolute Gasteiger partial charge is 0.351 e. The summed E-state index contributed by atoms with van der Waals surface area (Å²) in [6.45, 7) is 1.60. The van der Waals surface area contributed by atoms with Gasteiger partial charge in [0.05, 0.1) is 19.1 Å². The van der Waals surface area contributed by atoms with Gasteiger partial charge in [0.2, 0.25) is 5.91 Å². The first-order chi connectivity index (χ1) is 16.6. The normalized spacial score (nSPS) is 14.1. The second kappa shape index (κ2) is 11.9.